The van der Waals surface area contributed by atoms with E-state index in [0.717, 1.165) is 23.1 Å². The second kappa shape index (κ2) is 8.49. The summed E-state index contributed by atoms with van der Waals surface area (Å²) in [5, 5.41) is 7.42. The lowest BCUT2D eigenvalue weighted by Crippen LogP contribution is -2.13. The molecular weight excluding hydrogens is 322 g/mol. The molecule has 0 aliphatic heterocycles. The third-order valence-electron chi connectivity index (χ3n) is 2.37. The standard InChI is InChI=1S/C14H13N3O5S/c1-20-15-7-12(18)22-11-9-23-13(16-11)17-14(19)21-8-10-5-3-2-4-6-10/h2-7,9H,8H2,1H3,(H,16,17,19). The fourth-order valence-electron chi connectivity index (χ4n) is 1.43. The minimum absolute atomic E-state index is 0.0425. The predicted octanol–water partition coefficient (Wildman–Crippen LogP) is 2.43. The number of thiazole rings is 1. The van der Waals surface area contributed by atoms with Crippen LogP contribution in [-0.4, -0.2) is 30.4 Å². The third kappa shape index (κ3) is 5.75. The quantitative estimate of drug-likeness (QED) is 0.494. The highest BCUT2D eigenvalue weighted by Gasteiger charge is 2.10. The molecule has 0 fully saturated rings. The average molecular weight is 335 g/mol. The number of ether oxygens (including phenoxy) is 2. The minimum Gasteiger partial charge on any atom is -0.444 e. The van der Waals surface area contributed by atoms with Crippen LogP contribution in [0.4, 0.5) is 9.93 Å². The van der Waals surface area contributed by atoms with Gasteiger partial charge in [0.1, 0.15) is 13.7 Å². The van der Waals surface area contributed by atoms with Crippen LogP contribution in [0.25, 0.3) is 0 Å². The molecule has 2 aromatic rings. The van der Waals surface area contributed by atoms with Crippen LogP contribution in [0.1, 0.15) is 5.56 Å². The Hall–Kier alpha value is -2.94. The van der Waals surface area contributed by atoms with Gasteiger partial charge in [0.05, 0.1) is 5.38 Å². The first kappa shape index (κ1) is 16.4. The number of amides is 1. The average Bonchev–Trinajstić information content (AvgIpc) is 2.98. The molecule has 9 heteroatoms. The van der Waals surface area contributed by atoms with Gasteiger partial charge in [0, 0.05) is 0 Å². The van der Waals surface area contributed by atoms with Crippen LogP contribution < -0.4 is 10.1 Å². The molecule has 0 saturated heterocycles. The topological polar surface area (TPSA) is 99.1 Å². The van der Waals surface area contributed by atoms with Crippen molar-refractivity contribution >= 4 is 34.7 Å². The van der Waals surface area contributed by atoms with E-state index in [0.29, 0.717) is 0 Å². The van der Waals surface area contributed by atoms with Crippen molar-refractivity contribution in [1.82, 2.24) is 4.98 Å². The highest BCUT2D eigenvalue weighted by Crippen LogP contribution is 2.21. The molecule has 0 aliphatic carbocycles. The van der Waals surface area contributed by atoms with Gasteiger partial charge in [-0.15, -0.1) is 11.3 Å². The molecule has 0 radical (unpaired) electrons. The second-order valence-corrected chi connectivity index (χ2v) is 4.87. The molecule has 0 aliphatic rings. The lowest BCUT2D eigenvalue weighted by Gasteiger charge is -2.04. The first-order valence-electron chi connectivity index (χ1n) is 6.39. The van der Waals surface area contributed by atoms with Gasteiger partial charge in [0.15, 0.2) is 11.3 Å². The van der Waals surface area contributed by atoms with Crippen molar-refractivity contribution in [2.75, 3.05) is 12.4 Å². The second-order valence-electron chi connectivity index (χ2n) is 4.02. The number of nitrogens with one attached hydrogen (secondary N) is 1. The Morgan fingerprint density at radius 3 is 2.87 bits per heavy atom. The maximum atomic E-state index is 11.6. The number of carbonyl (C=O) groups is 2. The Kier molecular flexibility index (Phi) is 6.07. The lowest BCUT2D eigenvalue weighted by atomic mass is 10.2. The monoisotopic (exact) mass is 335 g/mol. The Labute approximate surface area is 135 Å². The zero-order valence-electron chi connectivity index (χ0n) is 12.1. The van der Waals surface area contributed by atoms with Gasteiger partial charge in [0.2, 0.25) is 5.88 Å². The fourth-order valence-corrected chi connectivity index (χ4v) is 2.03. The summed E-state index contributed by atoms with van der Waals surface area (Å²) in [5.74, 6) is -0.698. The van der Waals surface area contributed by atoms with Crippen molar-refractivity contribution < 1.29 is 23.9 Å². The first-order valence-corrected chi connectivity index (χ1v) is 7.27. The first-order chi connectivity index (χ1) is 11.2. The van der Waals surface area contributed by atoms with E-state index in [-0.39, 0.29) is 17.6 Å². The molecule has 2 rings (SSSR count). The van der Waals surface area contributed by atoms with Gasteiger partial charge in [-0.25, -0.2) is 9.59 Å². The van der Waals surface area contributed by atoms with E-state index in [1.807, 2.05) is 30.3 Å². The maximum absolute atomic E-state index is 11.6. The number of oxime groups is 1. The predicted molar refractivity (Wildman–Crippen MR) is 83.5 cm³/mol. The summed E-state index contributed by atoms with van der Waals surface area (Å²) in [6.45, 7) is 0.146. The van der Waals surface area contributed by atoms with Crippen molar-refractivity contribution in [1.29, 1.82) is 0 Å². The number of carbonyl (C=O) groups excluding carboxylic acids is 2. The summed E-state index contributed by atoms with van der Waals surface area (Å²) in [6, 6.07) is 9.26. The Morgan fingerprint density at radius 1 is 1.35 bits per heavy atom. The molecular formula is C14H13N3O5S. The minimum atomic E-state index is -0.740. The number of aromatic nitrogens is 1. The van der Waals surface area contributed by atoms with Crippen molar-refractivity contribution in [2.45, 2.75) is 6.61 Å². The zero-order chi connectivity index (χ0) is 16.5. The van der Waals surface area contributed by atoms with E-state index in [1.54, 1.807) is 0 Å². The number of rotatable bonds is 6. The number of benzene rings is 1. The summed E-state index contributed by atoms with van der Waals surface area (Å²) in [5.41, 5.74) is 0.869. The van der Waals surface area contributed by atoms with Crippen LogP contribution in [-0.2, 0) is 21.0 Å². The number of hydrogen-bond donors (Lipinski definition) is 1. The van der Waals surface area contributed by atoms with Crippen LogP contribution in [0.15, 0.2) is 40.9 Å². The summed E-state index contributed by atoms with van der Waals surface area (Å²) >= 11 is 1.09. The van der Waals surface area contributed by atoms with Gasteiger partial charge in [-0.3, -0.25) is 5.32 Å². The summed E-state index contributed by atoms with van der Waals surface area (Å²) in [6.07, 6.45) is 0.211. The summed E-state index contributed by atoms with van der Waals surface area (Å²) in [4.78, 5) is 31.2. The van der Waals surface area contributed by atoms with Gasteiger partial charge >= 0.3 is 12.1 Å². The zero-order valence-corrected chi connectivity index (χ0v) is 12.9. The van der Waals surface area contributed by atoms with Gasteiger partial charge in [-0.1, -0.05) is 35.5 Å². The molecule has 8 nitrogen and oxygen atoms in total. The molecule has 1 N–H and O–H groups in total. The lowest BCUT2D eigenvalue weighted by molar-refractivity contribution is -0.126. The van der Waals surface area contributed by atoms with Crippen molar-refractivity contribution in [3.63, 3.8) is 0 Å². The van der Waals surface area contributed by atoms with E-state index in [2.05, 4.69) is 20.3 Å². The molecule has 1 aromatic carbocycles. The van der Waals surface area contributed by atoms with Crippen LogP contribution >= 0.6 is 11.3 Å². The SMILES string of the molecule is CON=CC(=O)Oc1csc(NC(=O)OCc2ccccc2)n1. The Balaban J connectivity index is 1.80. The summed E-state index contributed by atoms with van der Waals surface area (Å²) in [7, 11) is 1.30. The van der Waals surface area contributed by atoms with Crippen molar-refractivity contribution in [3.8, 4) is 5.88 Å². The number of nitrogens with zero attached hydrogens (tertiary/aromatic N) is 2. The van der Waals surface area contributed by atoms with Crippen LogP contribution in [0, 0.1) is 0 Å². The molecule has 1 heterocycles. The molecule has 0 unspecified atom stereocenters. The smallest absolute Gasteiger partial charge is 0.413 e. The normalized spacial score (nSPS) is 10.3. The fraction of sp³-hybridized carbons (Fsp3) is 0.143. The van der Waals surface area contributed by atoms with Gasteiger partial charge in [-0.2, -0.15) is 4.98 Å². The van der Waals surface area contributed by atoms with Crippen molar-refractivity contribution in [3.05, 3.63) is 41.3 Å². The molecule has 0 atom stereocenters. The molecule has 0 saturated carbocycles. The Bertz CT molecular complexity index is 687. The third-order valence-corrected chi connectivity index (χ3v) is 3.11. The molecule has 0 bridgehead atoms. The maximum Gasteiger partial charge on any atom is 0.413 e. The van der Waals surface area contributed by atoms with Gasteiger partial charge in [0.25, 0.3) is 0 Å². The van der Waals surface area contributed by atoms with E-state index < -0.39 is 12.1 Å². The Morgan fingerprint density at radius 2 is 2.13 bits per heavy atom. The largest absolute Gasteiger partial charge is 0.444 e. The van der Waals surface area contributed by atoms with E-state index in [4.69, 9.17) is 9.47 Å². The van der Waals surface area contributed by atoms with E-state index in [1.165, 1.54) is 12.5 Å². The van der Waals surface area contributed by atoms with E-state index in [9.17, 15) is 9.59 Å². The highest BCUT2D eigenvalue weighted by molar-refractivity contribution is 7.14. The number of hydrogen-bond acceptors (Lipinski definition) is 8. The highest BCUT2D eigenvalue weighted by atomic mass is 32.1. The molecule has 120 valence electrons. The van der Waals surface area contributed by atoms with Gasteiger partial charge < -0.3 is 14.3 Å². The number of anilines is 1. The summed E-state index contributed by atoms with van der Waals surface area (Å²) < 4.78 is 9.89. The molecule has 0 spiro atoms. The van der Waals surface area contributed by atoms with Crippen LogP contribution in [0.2, 0.25) is 0 Å². The van der Waals surface area contributed by atoms with Crippen molar-refractivity contribution in [2.24, 2.45) is 5.16 Å². The van der Waals surface area contributed by atoms with E-state index >= 15 is 0 Å². The van der Waals surface area contributed by atoms with Gasteiger partial charge in [-0.05, 0) is 5.56 Å². The molecule has 1 aromatic heterocycles. The van der Waals surface area contributed by atoms with Crippen LogP contribution in [0.3, 0.4) is 0 Å². The molecule has 23 heavy (non-hydrogen) atoms. The molecule has 1 amide bonds. The number of esters is 1. The van der Waals surface area contributed by atoms with Crippen LogP contribution in [0.5, 0.6) is 5.88 Å².